The van der Waals surface area contributed by atoms with Gasteiger partial charge in [0.25, 0.3) is 5.91 Å². The molecule has 0 spiro atoms. The van der Waals surface area contributed by atoms with Gasteiger partial charge in [0.1, 0.15) is 0 Å². The summed E-state index contributed by atoms with van der Waals surface area (Å²) >= 11 is 1.37. The first-order chi connectivity index (χ1) is 13.4. The van der Waals surface area contributed by atoms with E-state index >= 15 is 0 Å². The second-order valence-electron chi connectivity index (χ2n) is 6.15. The van der Waals surface area contributed by atoms with Crippen LogP contribution in [0.3, 0.4) is 0 Å². The van der Waals surface area contributed by atoms with E-state index < -0.39 is 15.7 Å². The van der Waals surface area contributed by atoms with Gasteiger partial charge in [-0.25, -0.2) is 8.42 Å². The Kier molecular flexibility index (Phi) is 5.82. The van der Waals surface area contributed by atoms with Crippen molar-refractivity contribution in [2.45, 2.75) is 31.7 Å². The van der Waals surface area contributed by atoms with E-state index in [9.17, 15) is 13.2 Å². The van der Waals surface area contributed by atoms with Crippen LogP contribution < -0.4 is 4.80 Å². The monoisotopic (exact) mass is 412 g/mol. The minimum Gasteiger partial charge on any atom is -0.305 e. The van der Waals surface area contributed by atoms with Crippen LogP contribution in [-0.2, 0) is 22.8 Å². The molecular weight excluding hydrogens is 392 g/mol. The molecular formula is C21H20N2O3S2. The number of hydrogen-bond donors (Lipinski definition) is 0. The predicted molar refractivity (Wildman–Crippen MR) is 112 cm³/mol. The lowest BCUT2D eigenvalue weighted by Crippen LogP contribution is -2.17. The topological polar surface area (TPSA) is 68.5 Å². The standard InChI is InChI=1S/C21H20N2O3S2/c1-4-13-23-17-12-11-15(5-2)14-18(17)27-21(23)22-20(24)16-9-7-8-10-19(16)28(25,26)6-3/h1,7-12,14H,5-6,13H2,2-3H3. The molecule has 2 aromatic carbocycles. The van der Waals surface area contributed by atoms with Crippen LogP contribution in [0.4, 0.5) is 0 Å². The Morgan fingerprint density at radius 2 is 1.96 bits per heavy atom. The van der Waals surface area contributed by atoms with Gasteiger partial charge in [-0.15, -0.1) is 6.42 Å². The smallest absolute Gasteiger partial charge is 0.280 e. The van der Waals surface area contributed by atoms with Crippen molar-refractivity contribution in [2.75, 3.05) is 5.75 Å². The molecule has 3 aromatic rings. The third-order valence-electron chi connectivity index (χ3n) is 4.43. The summed E-state index contributed by atoms with van der Waals surface area (Å²) < 4.78 is 27.5. The Hall–Kier alpha value is -2.69. The summed E-state index contributed by atoms with van der Waals surface area (Å²) in [5.41, 5.74) is 2.16. The lowest BCUT2D eigenvalue weighted by Gasteiger charge is -2.06. The van der Waals surface area contributed by atoms with Crippen molar-refractivity contribution >= 4 is 37.3 Å². The van der Waals surface area contributed by atoms with Crippen molar-refractivity contribution in [3.63, 3.8) is 0 Å². The average Bonchev–Trinajstić information content (AvgIpc) is 3.04. The Morgan fingerprint density at radius 3 is 2.64 bits per heavy atom. The molecule has 5 nitrogen and oxygen atoms in total. The highest BCUT2D eigenvalue weighted by Gasteiger charge is 2.20. The molecule has 0 saturated heterocycles. The van der Waals surface area contributed by atoms with Crippen molar-refractivity contribution in [1.29, 1.82) is 0 Å². The second kappa shape index (κ2) is 8.13. The zero-order chi connectivity index (χ0) is 20.3. The summed E-state index contributed by atoms with van der Waals surface area (Å²) in [5.74, 6) is 1.91. The molecule has 0 aliphatic heterocycles. The molecule has 7 heteroatoms. The molecule has 0 fully saturated rings. The van der Waals surface area contributed by atoms with Gasteiger partial charge in [0.15, 0.2) is 14.6 Å². The van der Waals surface area contributed by atoms with Crippen LogP contribution in [0.5, 0.6) is 0 Å². The number of carbonyl (C=O) groups excluding carboxylic acids is 1. The van der Waals surface area contributed by atoms with Gasteiger partial charge in [0.05, 0.1) is 33.0 Å². The maximum absolute atomic E-state index is 12.9. The molecule has 0 radical (unpaired) electrons. The fourth-order valence-electron chi connectivity index (χ4n) is 2.88. The molecule has 0 aliphatic carbocycles. The number of fused-ring (bicyclic) bond motifs is 1. The van der Waals surface area contributed by atoms with Gasteiger partial charge in [-0.1, -0.05) is 49.3 Å². The normalized spacial score (nSPS) is 12.2. The van der Waals surface area contributed by atoms with E-state index in [1.807, 2.05) is 12.1 Å². The molecule has 144 valence electrons. The van der Waals surface area contributed by atoms with E-state index in [0.29, 0.717) is 4.80 Å². The quantitative estimate of drug-likeness (QED) is 0.603. The Balaban J connectivity index is 2.19. The molecule has 1 amide bonds. The molecule has 0 bridgehead atoms. The molecule has 1 heterocycles. The van der Waals surface area contributed by atoms with E-state index in [2.05, 4.69) is 23.9 Å². The van der Waals surface area contributed by atoms with Gasteiger partial charge in [0, 0.05) is 0 Å². The lowest BCUT2D eigenvalue weighted by molar-refractivity contribution is 0.0994. The highest BCUT2D eigenvalue weighted by Crippen LogP contribution is 2.21. The number of aryl methyl sites for hydroxylation is 1. The predicted octanol–water partition coefficient (Wildman–Crippen LogP) is 3.43. The summed E-state index contributed by atoms with van der Waals surface area (Å²) in [6, 6.07) is 12.2. The summed E-state index contributed by atoms with van der Waals surface area (Å²) in [5, 5.41) is 0. The SMILES string of the molecule is C#CCn1c(=NC(=O)c2ccccc2S(=O)(=O)CC)sc2cc(CC)ccc21. The molecule has 0 N–H and O–H groups in total. The van der Waals surface area contributed by atoms with Crippen LogP contribution in [0.25, 0.3) is 10.2 Å². The van der Waals surface area contributed by atoms with E-state index in [1.54, 1.807) is 23.6 Å². The van der Waals surface area contributed by atoms with E-state index in [1.165, 1.54) is 29.0 Å². The van der Waals surface area contributed by atoms with E-state index in [0.717, 1.165) is 16.6 Å². The highest BCUT2D eigenvalue weighted by atomic mass is 32.2. The third-order valence-corrected chi connectivity index (χ3v) is 7.26. The molecule has 0 unspecified atom stereocenters. The second-order valence-corrected chi connectivity index (χ2v) is 9.40. The van der Waals surface area contributed by atoms with Crippen LogP contribution in [0.2, 0.25) is 0 Å². The third kappa shape index (κ3) is 3.79. The number of terminal acetylenes is 1. The maximum atomic E-state index is 12.9. The summed E-state index contributed by atoms with van der Waals surface area (Å²) in [7, 11) is -3.54. The zero-order valence-electron chi connectivity index (χ0n) is 15.7. The minimum atomic E-state index is -3.54. The van der Waals surface area contributed by atoms with Gasteiger partial charge >= 0.3 is 0 Å². The van der Waals surface area contributed by atoms with Crippen molar-refractivity contribution in [3.05, 3.63) is 58.4 Å². The first-order valence-corrected chi connectivity index (χ1v) is 11.3. The van der Waals surface area contributed by atoms with Gasteiger partial charge in [-0.2, -0.15) is 4.99 Å². The van der Waals surface area contributed by atoms with E-state index in [4.69, 9.17) is 6.42 Å². The van der Waals surface area contributed by atoms with Crippen LogP contribution >= 0.6 is 11.3 Å². The summed E-state index contributed by atoms with van der Waals surface area (Å²) in [6.45, 7) is 3.89. The van der Waals surface area contributed by atoms with Gasteiger partial charge in [-0.05, 0) is 36.2 Å². The van der Waals surface area contributed by atoms with Gasteiger partial charge in [-0.3, -0.25) is 4.79 Å². The highest BCUT2D eigenvalue weighted by molar-refractivity contribution is 7.91. The number of thiazole rings is 1. The van der Waals surface area contributed by atoms with Crippen molar-refractivity contribution in [1.82, 2.24) is 4.57 Å². The number of amides is 1. The fraction of sp³-hybridized carbons (Fsp3) is 0.238. The van der Waals surface area contributed by atoms with Crippen molar-refractivity contribution < 1.29 is 13.2 Å². The van der Waals surface area contributed by atoms with Gasteiger partial charge in [0.2, 0.25) is 0 Å². The van der Waals surface area contributed by atoms with Crippen LogP contribution in [0, 0.1) is 12.3 Å². The number of nitrogens with zero attached hydrogens (tertiary/aromatic N) is 2. The Bertz CT molecular complexity index is 1260. The molecule has 28 heavy (non-hydrogen) atoms. The first-order valence-electron chi connectivity index (χ1n) is 8.87. The van der Waals surface area contributed by atoms with Crippen molar-refractivity contribution in [3.8, 4) is 12.3 Å². The minimum absolute atomic E-state index is 0.00382. The summed E-state index contributed by atoms with van der Waals surface area (Å²) in [6.07, 6.45) is 6.40. The summed E-state index contributed by atoms with van der Waals surface area (Å²) in [4.78, 5) is 17.6. The largest absolute Gasteiger partial charge is 0.305 e. The maximum Gasteiger partial charge on any atom is 0.280 e. The van der Waals surface area contributed by atoms with Crippen LogP contribution in [-0.4, -0.2) is 24.6 Å². The number of rotatable bonds is 5. The van der Waals surface area contributed by atoms with Crippen LogP contribution in [0.15, 0.2) is 52.4 Å². The van der Waals surface area contributed by atoms with Gasteiger partial charge < -0.3 is 4.57 Å². The van der Waals surface area contributed by atoms with Crippen LogP contribution in [0.1, 0.15) is 29.8 Å². The molecule has 3 rings (SSSR count). The number of carbonyl (C=O) groups is 1. The molecule has 0 aliphatic rings. The fourth-order valence-corrected chi connectivity index (χ4v) is 5.06. The zero-order valence-corrected chi connectivity index (χ0v) is 17.3. The molecule has 0 saturated carbocycles. The Labute approximate surface area is 168 Å². The lowest BCUT2D eigenvalue weighted by atomic mass is 10.2. The number of hydrogen-bond acceptors (Lipinski definition) is 4. The number of aromatic nitrogens is 1. The molecule has 1 aromatic heterocycles. The first kappa shape index (κ1) is 20.1. The van der Waals surface area contributed by atoms with E-state index in [-0.39, 0.29) is 22.8 Å². The van der Waals surface area contributed by atoms with Crippen molar-refractivity contribution in [2.24, 2.45) is 4.99 Å². The average molecular weight is 413 g/mol. The number of benzene rings is 2. The molecule has 0 atom stereocenters. The number of sulfone groups is 1. The Morgan fingerprint density at radius 1 is 1.21 bits per heavy atom.